The van der Waals surface area contributed by atoms with Crippen LogP contribution < -0.4 is 9.64 Å². The quantitative estimate of drug-likeness (QED) is 0.408. The van der Waals surface area contributed by atoms with Gasteiger partial charge >= 0.3 is 0 Å². The van der Waals surface area contributed by atoms with E-state index < -0.39 is 0 Å². The molecule has 7 heteroatoms. The average molecular weight is 462 g/mol. The van der Waals surface area contributed by atoms with Gasteiger partial charge in [-0.25, -0.2) is 4.98 Å². The molecule has 0 fully saturated rings. The molecule has 0 saturated heterocycles. The van der Waals surface area contributed by atoms with Gasteiger partial charge in [0.1, 0.15) is 5.75 Å². The number of rotatable bonds is 10. The van der Waals surface area contributed by atoms with Crippen molar-refractivity contribution >= 4 is 45.0 Å². The first-order valence-electron chi connectivity index (χ1n) is 10.7. The third-order valence-electron chi connectivity index (χ3n) is 5.19. The van der Waals surface area contributed by atoms with Crippen LogP contribution in [0.2, 0.25) is 0 Å². The smallest absolute Gasteiger partial charge is 0.233 e. The van der Waals surface area contributed by atoms with Crippen LogP contribution in [0.25, 0.3) is 10.2 Å². The lowest BCUT2D eigenvalue weighted by Crippen LogP contribution is -2.39. The predicted octanol–water partition coefficient (Wildman–Crippen LogP) is 5.34. The van der Waals surface area contributed by atoms with Crippen molar-refractivity contribution in [1.82, 2.24) is 9.88 Å². The maximum absolute atomic E-state index is 13.3. The number of nitrogens with zero attached hydrogens (tertiary/aromatic N) is 3. The number of benzene rings is 2. The number of likely N-dealkylation sites (N-methyl/N-ethyl adjacent to an activating group) is 1. The van der Waals surface area contributed by atoms with Gasteiger partial charge in [0, 0.05) is 13.1 Å². The van der Waals surface area contributed by atoms with Crippen LogP contribution in [0.5, 0.6) is 5.75 Å². The van der Waals surface area contributed by atoms with Crippen LogP contribution in [0.15, 0.2) is 42.5 Å². The molecular formula is C24H32ClN3O2S. The normalized spacial score (nSPS) is 10.9. The second-order valence-electron chi connectivity index (χ2n) is 7.29. The maximum atomic E-state index is 13.3. The number of hydrogen-bond acceptors (Lipinski definition) is 5. The van der Waals surface area contributed by atoms with Gasteiger partial charge in [0.05, 0.1) is 23.2 Å². The molecule has 1 amide bonds. The van der Waals surface area contributed by atoms with Gasteiger partial charge in [-0.3, -0.25) is 9.69 Å². The summed E-state index contributed by atoms with van der Waals surface area (Å²) in [4.78, 5) is 22.3. The number of hydrogen-bond donors (Lipinski definition) is 0. The molecule has 2 aromatic carbocycles. The van der Waals surface area contributed by atoms with E-state index >= 15 is 0 Å². The molecule has 0 aliphatic heterocycles. The Kier molecular flexibility index (Phi) is 9.75. The number of halogens is 1. The Morgan fingerprint density at radius 2 is 1.74 bits per heavy atom. The van der Waals surface area contributed by atoms with E-state index in [1.807, 2.05) is 42.2 Å². The van der Waals surface area contributed by atoms with Gasteiger partial charge in [-0.2, -0.15) is 0 Å². The van der Waals surface area contributed by atoms with E-state index in [4.69, 9.17) is 9.72 Å². The lowest BCUT2D eigenvalue weighted by atomic mass is 10.1. The van der Waals surface area contributed by atoms with Crippen LogP contribution >= 0.6 is 23.7 Å². The van der Waals surface area contributed by atoms with Gasteiger partial charge in [0.25, 0.3) is 0 Å². The molecule has 0 aliphatic carbocycles. The van der Waals surface area contributed by atoms with Crippen LogP contribution in [0, 0.1) is 6.92 Å². The number of aryl methyl sites for hydroxylation is 1. The molecular weight excluding hydrogens is 430 g/mol. The van der Waals surface area contributed by atoms with E-state index in [9.17, 15) is 4.79 Å². The summed E-state index contributed by atoms with van der Waals surface area (Å²) in [5, 5.41) is 0.777. The molecule has 0 spiro atoms. The predicted molar refractivity (Wildman–Crippen MR) is 133 cm³/mol. The minimum Gasteiger partial charge on any atom is -0.494 e. The van der Waals surface area contributed by atoms with E-state index in [1.165, 1.54) is 5.56 Å². The molecule has 0 atom stereocenters. The number of carbonyl (C=O) groups excluding carboxylic acids is 1. The third-order valence-corrected chi connectivity index (χ3v) is 6.23. The van der Waals surface area contributed by atoms with E-state index in [0.717, 1.165) is 46.3 Å². The highest BCUT2D eigenvalue weighted by molar-refractivity contribution is 7.22. The molecule has 3 aromatic rings. The van der Waals surface area contributed by atoms with Gasteiger partial charge < -0.3 is 9.64 Å². The number of thiazole rings is 1. The van der Waals surface area contributed by atoms with E-state index in [-0.39, 0.29) is 18.3 Å². The first-order valence-corrected chi connectivity index (χ1v) is 11.5. The summed E-state index contributed by atoms with van der Waals surface area (Å²) >= 11 is 1.59. The highest BCUT2D eigenvalue weighted by Gasteiger charge is 2.21. The number of aromatic nitrogens is 1. The van der Waals surface area contributed by atoms with Crippen LogP contribution in [-0.2, 0) is 11.2 Å². The van der Waals surface area contributed by atoms with Gasteiger partial charge in [-0.15, -0.1) is 12.4 Å². The number of amides is 1. The van der Waals surface area contributed by atoms with E-state index in [2.05, 4.69) is 37.8 Å². The lowest BCUT2D eigenvalue weighted by molar-refractivity contribution is -0.118. The molecule has 1 heterocycles. The topological polar surface area (TPSA) is 45.7 Å². The summed E-state index contributed by atoms with van der Waals surface area (Å²) < 4.78 is 6.62. The SMILES string of the molecule is CCOc1ccc(CC(=O)N(CCN(CC)CC)c2nc3ccc(C)cc3s2)cc1.Cl. The number of anilines is 1. The van der Waals surface area contributed by atoms with E-state index in [1.54, 1.807) is 11.3 Å². The number of ether oxygens (including phenoxy) is 1. The van der Waals surface area contributed by atoms with Crippen LogP contribution in [-0.4, -0.2) is 48.6 Å². The molecule has 0 bridgehead atoms. The molecule has 0 aliphatic rings. The monoisotopic (exact) mass is 461 g/mol. The molecule has 5 nitrogen and oxygen atoms in total. The van der Waals surface area contributed by atoms with Crippen molar-refractivity contribution in [2.24, 2.45) is 0 Å². The Balaban J connectivity index is 0.00000341. The van der Waals surface area contributed by atoms with Gasteiger partial charge in [-0.1, -0.05) is 43.4 Å². The number of fused-ring (bicyclic) bond motifs is 1. The molecule has 31 heavy (non-hydrogen) atoms. The highest BCUT2D eigenvalue weighted by Crippen LogP contribution is 2.30. The zero-order valence-corrected chi connectivity index (χ0v) is 20.4. The summed E-state index contributed by atoms with van der Waals surface area (Å²) in [6, 6.07) is 14.0. The van der Waals surface area contributed by atoms with Crippen molar-refractivity contribution in [2.45, 2.75) is 34.1 Å². The van der Waals surface area contributed by atoms with Crippen molar-refractivity contribution < 1.29 is 9.53 Å². The van der Waals surface area contributed by atoms with Crippen molar-refractivity contribution in [2.75, 3.05) is 37.7 Å². The Morgan fingerprint density at radius 1 is 1.03 bits per heavy atom. The molecule has 1 aromatic heterocycles. The summed E-state index contributed by atoms with van der Waals surface area (Å²) in [5.41, 5.74) is 3.13. The fourth-order valence-electron chi connectivity index (χ4n) is 3.38. The first kappa shape index (κ1) is 25.1. The van der Waals surface area contributed by atoms with Gasteiger partial charge in [-0.05, 0) is 62.3 Å². The van der Waals surface area contributed by atoms with Crippen LogP contribution in [0.3, 0.4) is 0 Å². The minimum absolute atomic E-state index is 0. The average Bonchev–Trinajstić information content (AvgIpc) is 3.15. The standard InChI is InChI=1S/C24H31N3O2S.ClH/c1-5-26(6-2)14-15-27(24-25-21-13-8-18(4)16-22(21)30-24)23(28)17-19-9-11-20(12-10-19)29-7-3;/h8-13,16H,5-7,14-15,17H2,1-4H3;1H. The van der Waals surface area contributed by atoms with Crippen molar-refractivity contribution in [3.63, 3.8) is 0 Å². The van der Waals surface area contributed by atoms with Crippen LogP contribution in [0.1, 0.15) is 31.9 Å². The Hall–Kier alpha value is -2.15. The zero-order valence-electron chi connectivity index (χ0n) is 18.8. The van der Waals surface area contributed by atoms with E-state index in [0.29, 0.717) is 19.6 Å². The Morgan fingerprint density at radius 3 is 2.39 bits per heavy atom. The van der Waals surface area contributed by atoms with Crippen molar-refractivity contribution in [1.29, 1.82) is 0 Å². The van der Waals surface area contributed by atoms with Crippen LogP contribution in [0.4, 0.5) is 5.13 Å². The Labute approximate surface area is 195 Å². The molecule has 0 N–H and O–H groups in total. The van der Waals surface area contributed by atoms with Crippen molar-refractivity contribution in [3.05, 3.63) is 53.6 Å². The first-order chi connectivity index (χ1) is 14.5. The lowest BCUT2D eigenvalue weighted by Gasteiger charge is -2.24. The summed E-state index contributed by atoms with van der Waals surface area (Å²) in [5.74, 6) is 0.899. The Bertz CT molecular complexity index is 971. The fraction of sp³-hybridized carbons (Fsp3) is 0.417. The number of carbonyl (C=O) groups is 1. The molecule has 0 radical (unpaired) electrons. The molecule has 0 saturated carbocycles. The largest absolute Gasteiger partial charge is 0.494 e. The summed E-state index contributed by atoms with van der Waals surface area (Å²) in [6.07, 6.45) is 0.347. The fourth-order valence-corrected chi connectivity index (χ4v) is 4.49. The summed E-state index contributed by atoms with van der Waals surface area (Å²) in [7, 11) is 0. The molecule has 3 rings (SSSR count). The molecule has 168 valence electrons. The summed E-state index contributed by atoms with van der Waals surface area (Å²) in [6.45, 7) is 12.4. The third kappa shape index (κ3) is 6.66. The molecule has 0 unspecified atom stereocenters. The van der Waals surface area contributed by atoms with Crippen molar-refractivity contribution in [3.8, 4) is 5.75 Å². The van der Waals surface area contributed by atoms with Gasteiger partial charge in [0.15, 0.2) is 5.13 Å². The maximum Gasteiger partial charge on any atom is 0.233 e. The zero-order chi connectivity index (χ0) is 21.5. The van der Waals surface area contributed by atoms with Gasteiger partial charge in [0.2, 0.25) is 5.91 Å². The highest BCUT2D eigenvalue weighted by atomic mass is 35.5. The minimum atomic E-state index is 0. The second kappa shape index (κ2) is 12.0. The second-order valence-corrected chi connectivity index (χ2v) is 8.30.